The fourth-order valence-corrected chi connectivity index (χ4v) is 2.89. The van der Waals surface area contributed by atoms with Crippen LogP contribution in [-0.2, 0) is 14.8 Å². The number of rotatable bonds is 7. The first kappa shape index (κ1) is 18.2. The Morgan fingerprint density at radius 2 is 1.91 bits per heavy atom. The molecule has 0 unspecified atom stereocenters. The van der Waals surface area contributed by atoms with Crippen LogP contribution < -0.4 is 10.5 Å². The van der Waals surface area contributed by atoms with Crippen LogP contribution in [0, 0.1) is 6.92 Å². The molecule has 9 heteroatoms. The number of sulfonamides is 1. The fourth-order valence-electron chi connectivity index (χ4n) is 2.17. The number of hydrogen-bond donors (Lipinski definition) is 3. The van der Waals surface area contributed by atoms with Crippen molar-refractivity contribution < 1.29 is 27.5 Å². The standard InChI is InChI=1S/C13H20N2O6S/c1-4-13(5-2,7-11(16)17)15-12(18)9-6-10(8(3)21-9)22(14,19)20/h6H,4-5,7H2,1-3H3,(H,15,18)(H,16,17)(H2,14,19,20). The third-order valence-corrected chi connectivity index (χ3v) is 4.64. The average Bonchev–Trinajstić information content (AvgIpc) is 2.79. The number of nitrogens with one attached hydrogen (secondary N) is 1. The van der Waals surface area contributed by atoms with Gasteiger partial charge in [-0.3, -0.25) is 9.59 Å². The van der Waals surface area contributed by atoms with Gasteiger partial charge in [-0.25, -0.2) is 13.6 Å². The Bertz CT molecular complexity index is 673. The van der Waals surface area contributed by atoms with E-state index >= 15 is 0 Å². The second-order valence-corrected chi connectivity index (χ2v) is 6.62. The van der Waals surface area contributed by atoms with E-state index in [-0.39, 0.29) is 22.8 Å². The number of aliphatic carboxylic acids is 1. The molecule has 0 aliphatic carbocycles. The summed E-state index contributed by atoms with van der Waals surface area (Å²) >= 11 is 0. The zero-order valence-corrected chi connectivity index (χ0v) is 13.5. The van der Waals surface area contributed by atoms with Crippen LogP contribution in [-0.4, -0.2) is 30.9 Å². The highest BCUT2D eigenvalue weighted by atomic mass is 32.2. The molecule has 0 bridgehead atoms. The second-order valence-electron chi connectivity index (χ2n) is 5.09. The van der Waals surface area contributed by atoms with Gasteiger partial charge in [0.05, 0.1) is 12.0 Å². The van der Waals surface area contributed by atoms with Crippen LogP contribution in [0.5, 0.6) is 0 Å². The van der Waals surface area contributed by atoms with Crippen molar-refractivity contribution in [1.82, 2.24) is 5.32 Å². The molecule has 0 spiro atoms. The lowest BCUT2D eigenvalue weighted by Gasteiger charge is -2.30. The van der Waals surface area contributed by atoms with E-state index in [1.807, 2.05) is 0 Å². The van der Waals surface area contributed by atoms with Gasteiger partial charge >= 0.3 is 5.97 Å². The normalized spacial score (nSPS) is 12.2. The Morgan fingerprint density at radius 1 is 1.36 bits per heavy atom. The van der Waals surface area contributed by atoms with Crippen LogP contribution in [0.4, 0.5) is 0 Å². The zero-order valence-electron chi connectivity index (χ0n) is 12.7. The Balaban J connectivity index is 3.08. The summed E-state index contributed by atoms with van der Waals surface area (Å²) < 4.78 is 27.8. The van der Waals surface area contributed by atoms with Crippen molar-refractivity contribution >= 4 is 21.9 Å². The van der Waals surface area contributed by atoms with E-state index < -0.39 is 27.4 Å². The third-order valence-electron chi connectivity index (χ3n) is 3.62. The lowest BCUT2D eigenvalue weighted by atomic mass is 9.89. The first-order valence-electron chi connectivity index (χ1n) is 6.72. The molecule has 0 radical (unpaired) electrons. The van der Waals surface area contributed by atoms with Crippen molar-refractivity contribution in [3.8, 4) is 0 Å². The highest BCUT2D eigenvalue weighted by Crippen LogP contribution is 2.23. The third kappa shape index (κ3) is 4.08. The minimum atomic E-state index is -3.99. The Morgan fingerprint density at radius 3 is 2.27 bits per heavy atom. The summed E-state index contributed by atoms with van der Waals surface area (Å²) in [5.74, 6) is -1.93. The Hall–Kier alpha value is -1.87. The molecule has 8 nitrogen and oxygen atoms in total. The molecule has 124 valence electrons. The first-order chi connectivity index (χ1) is 10.0. The number of carboxylic acid groups (broad SMARTS) is 1. The van der Waals surface area contributed by atoms with E-state index in [0.29, 0.717) is 12.8 Å². The van der Waals surface area contributed by atoms with Crippen LogP contribution in [0.25, 0.3) is 0 Å². The van der Waals surface area contributed by atoms with Crippen molar-refractivity contribution in [1.29, 1.82) is 0 Å². The monoisotopic (exact) mass is 332 g/mol. The predicted octanol–water partition coefficient (Wildman–Crippen LogP) is 0.999. The number of carboxylic acids is 1. The molecule has 0 saturated carbocycles. The molecular formula is C13H20N2O6S. The van der Waals surface area contributed by atoms with Gasteiger partial charge in [0.1, 0.15) is 10.7 Å². The van der Waals surface area contributed by atoms with Gasteiger partial charge in [0.15, 0.2) is 5.76 Å². The van der Waals surface area contributed by atoms with Gasteiger partial charge in [0.25, 0.3) is 5.91 Å². The minimum absolute atomic E-state index is 0.00415. The second kappa shape index (κ2) is 6.49. The summed E-state index contributed by atoms with van der Waals surface area (Å²) in [7, 11) is -3.99. The zero-order chi connectivity index (χ0) is 17.1. The van der Waals surface area contributed by atoms with Crippen molar-refractivity contribution in [2.24, 2.45) is 5.14 Å². The van der Waals surface area contributed by atoms with E-state index in [2.05, 4.69) is 5.32 Å². The van der Waals surface area contributed by atoms with Gasteiger partial charge in [0.2, 0.25) is 10.0 Å². The quantitative estimate of drug-likeness (QED) is 0.680. The van der Waals surface area contributed by atoms with Gasteiger partial charge < -0.3 is 14.8 Å². The summed E-state index contributed by atoms with van der Waals surface area (Å²) in [6.45, 7) is 4.90. The van der Waals surface area contributed by atoms with Crippen LogP contribution in [0.3, 0.4) is 0 Å². The molecule has 1 rings (SSSR count). The molecule has 0 aliphatic heterocycles. The summed E-state index contributed by atoms with van der Waals surface area (Å²) in [4.78, 5) is 22.9. The van der Waals surface area contributed by atoms with Crippen LogP contribution in [0.15, 0.2) is 15.4 Å². The minimum Gasteiger partial charge on any atom is -0.481 e. The van der Waals surface area contributed by atoms with Gasteiger partial charge in [-0.15, -0.1) is 0 Å². The van der Waals surface area contributed by atoms with E-state index in [1.54, 1.807) is 13.8 Å². The average molecular weight is 332 g/mol. The molecule has 1 heterocycles. The maximum absolute atomic E-state index is 12.2. The molecule has 4 N–H and O–H groups in total. The summed E-state index contributed by atoms with van der Waals surface area (Å²) in [6.07, 6.45) is 0.569. The van der Waals surface area contributed by atoms with Crippen LogP contribution >= 0.6 is 0 Å². The van der Waals surface area contributed by atoms with Gasteiger partial charge in [-0.05, 0) is 19.8 Å². The van der Waals surface area contributed by atoms with Crippen molar-refractivity contribution in [3.05, 3.63) is 17.6 Å². The number of aryl methyl sites for hydroxylation is 1. The van der Waals surface area contributed by atoms with Crippen molar-refractivity contribution in [2.75, 3.05) is 0 Å². The fraction of sp³-hybridized carbons (Fsp3) is 0.538. The van der Waals surface area contributed by atoms with Crippen molar-refractivity contribution in [3.63, 3.8) is 0 Å². The van der Waals surface area contributed by atoms with Gasteiger partial charge in [-0.1, -0.05) is 13.8 Å². The first-order valence-corrected chi connectivity index (χ1v) is 8.27. The maximum Gasteiger partial charge on any atom is 0.305 e. The molecule has 0 fully saturated rings. The van der Waals surface area contributed by atoms with E-state index in [1.165, 1.54) is 6.92 Å². The summed E-state index contributed by atoms with van der Waals surface area (Å²) in [5.41, 5.74) is -0.925. The Labute approximate surface area is 128 Å². The summed E-state index contributed by atoms with van der Waals surface area (Å²) in [6, 6.07) is 1.04. The highest BCUT2D eigenvalue weighted by molar-refractivity contribution is 7.89. The smallest absolute Gasteiger partial charge is 0.305 e. The number of primary sulfonamides is 1. The Kier molecular flexibility index (Phi) is 5.36. The molecule has 0 aromatic carbocycles. The number of hydrogen-bond acceptors (Lipinski definition) is 5. The van der Waals surface area contributed by atoms with E-state index in [4.69, 9.17) is 14.7 Å². The lowest BCUT2D eigenvalue weighted by molar-refractivity contribution is -0.138. The number of carbonyl (C=O) groups is 2. The van der Waals surface area contributed by atoms with E-state index in [0.717, 1.165) is 6.07 Å². The molecule has 0 saturated heterocycles. The van der Waals surface area contributed by atoms with Gasteiger partial charge in [-0.2, -0.15) is 0 Å². The number of amides is 1. The SMILES string of the molecule is CCC(CC)(CC(=O)O)NC(=O)c1cc(S(N)(=O)=O)c(C)o1. The molecule has 0 aliphatic rings. The van der Waals surface area contributed by atoms with E-state index in [9.17, 15) is 18.0 Å². The number of furan rings is 1. The van der Waals surface area contributed by atoms with Crippen LogP contribution in [0.2, 0.25) is 0 Å². The molecular weight excluding hydrogens is 312 g/mol. The molecule has 1 aromatic rings. The maximum atomic E-state index is 12.2. The topological polar surface area (TPSA) is 140 Å². The largest absolute Gasteiger partial charge is 0.481 e. The summed E-state index contributed by atoms with van der Waals surface area (Å²) in [5, 5.41) is 16.6. The lowest BCUT2D eigenvalue weighted by Crippen LogP contribution is -2.49. The van der Waals surface area contributed by atoms with Gasteiger partial charge in [0, 0.05) is 6.07 Å². The molecule has 0 atom stereocenters. The highest BCUT2D eigenvalue weighted by Gasteiger charge is 2.32. The predicted molar refractivity (Wildman–Crippen MR) is 77.9 cm³/mol. The number of nitrogens with two attached hydrogens (primary N) is 1. The molecule has 1 aromatic heterocycles. The number of carbonyl (C=O) groups excluding carboxylic acids is 1. The molecule has 1 amide bonds. The molecule has 22 heavy (non-hydrogen) atoms. The van der Waals surface area contributed by atoms with Crippen molar-refractivity contribution in [2.45, 2.75) is 50.5 Å². The van der Waals surface area contributed by atoms with Crippen LogP contribution in [0.1, 0.15) is 49.4 Å².